The molecule has 0 saturated carbocycles. The summed E-state index contributed by atoms with van der Waals surface area (Å²) in [6, 6.07) is 5.09. The lowest BCUT2D eigenvalue weighted by atomic mass is 9.96. The van der Waals surface area contributed by atoms with Crippen LogP contribution in [-0.4, -0.2) is 34.0 Å². The third-order valence-corrected chi connectivity index (χ3v) is 5.87. The molecule has 1 unspecified atom stereocenters. The molecule has 3 rings (SSSR count). The number of nitrogens with zero attached hydrogens (tertiary/aromatic N) is 1. The van der Waals surface area contributed by atoms with Crippen molar-refractivity contribution in [3.8, 4) is 0 Å². The van der Waals surface area contributed by atoms with Crippen molar-refractivity contribution in [2.45, 2.75) is 37.4 Å². The first-order valence-electron chi connectivity index (χ1n) is 7.33. The van der Waals surface area contributed by atoms with Crippen molar-refractivity contribution >= 4 is 29.3 Å². The Hall–Kier alpha value is -1.49. The van der Waals surface area contributed by atoms with Gasteiger partial charge in [-0.2, -0.15) is 0 Å². The summed E-state index contributed by atoms with van der Waals surface area (Å²) in [7, 11) is 0. The molecule has 1 atom stereocenters. The van der Waals surface area contributed by atoms with Gasteiger partial charge in [0.15, 0.2) is 0 Å². The lowest BCUT2D eigenvalue weighted by Crippen LogP contribution is -2.46. The number of aryl methyl sites for hydroxylation is 1. The fourth-order valence-corrected chi connectivity index (χ4v) is 4.44. The van der Waals surface area contributed by atoms with Crippen LogP contribution in [0.25, 0.3) is 0 Å². The number of amides is 1. The highest BCUT2D eigenvalue weighted by molar-refractivity contribution is 8.01. The minimum absolute atomic E-state index is 0.175. The van der Waals surface area contributed by atoms with Gasteiger partial charge in [-0.05, 0) is 62.1 Å². The Morgan fingerprint density at radius 3 is 2.81 bits per heavy atom. The highest BCUT2D eigenvalue weighted by atomic mass is 32.2. The summed E-state index contributed by atoms with van der Waals surface area (Å²) in [6.07, 6.45) is 3.74. The predicted octanol–water partition coefficient (Wildman–Crippen LogP) is 2.95. The molecule has 2 aliphatic heterocycles. The van der Waals surface area contributed by atoms with Crippen LogP contribution in [0, 0.1) is 0 Å². The molecule has 0 bridgehead atoms. The Labute approximate surface area is 128 Å². The average molecular weight is 305 g/mol. The molecule has 0 spiro atoms. The van der Waals surface area contributed by atoms with Crippen LogP contribution in [0.15, 0.2) is 18.2 Å². The molecule has 5 heteroatoms. The molecule has 112 valence electrons. The van der Waals surface area contributed by atoms with Crippen molar-refractivity contribution < 1.29 is 14.7 Å². The summed E-state index contributed by atoms with van der Waals surface area (Å²) in [5.74, 6) is 0.300. The van der Waals surface area contributed by atoms with Gasteiger partial charge >= 0.3 is 5.97 Å². The zero-order valence-electron chi connectivity index (χ0n) is 12.1. The monoisotopic (exact) mass is 305 g/mol. The van der Waals surface area contributed by atoms with Gasteiger partial charge in [0.25, 0.3) is 0 Å². The lowest BCUT2D eigenvalue weighted by molar-refractivity contribution is -0.120. The van der Waals surface area contributed by atoms with Gasteiger partial charge < -0.3 is 10.0 Å². The zero-order chi connectivity index (χ0) is 15.0. The van der Waals surface area contributed by atoms with Crippen LogP contribution in [0.2, 0.25) is 0 Å². The second-order valence-electron chi connectivity index (χ2n) is 5.89. The smallest absolute Gasteiger partial charge is 0.335 e. The molecule has 1 aromatic rings. The standard InChI is InChI=1S/C16H19NO3S/c1-16(7-3-9-21-16)15(20)17-8-2-4-11-10-12(14(18)19)5-6-13(11)17/h5-6,10H,2-4,7-9H2,1H3,(H,18,19). The number of anilines is 1. The maximum atomic E-state index is 12.9. The van der Waals surface area contributed by atoms with E-state index < -0.39 is 5.97 Å². The summed E-state index contributed by atoms with van der Waals surface area (Å²) in [6.45, 7) is 2.77. The molecule has 4 nitrogen and oxygen atoms in total. The van der Waals surface area contributed by atoms with E-state index in [2.05, 4.69) is 0 Å². The molecule has 0 radical (unpaired) electrons. The van der Waals surface area contributed by atoms with Crippen molar-refractivity contribution in [1.82, 2.24) is 0 Å². The van der Waals surface area contributed by atoms with Crippen molar-refractivity contribution in [2.75, 3.05) is 17.2 Å². The normalized spacial score (nSPS) is 24.7. The Morgan fingerprint density at radius 1 is 1.33 bits per heavy atom. The number of hydrogen-bond acceptors (Lipinski definition) is 3. The van der Waals surface area contributed by atoms with Crippen LogP contribution < -0.4 is 4.90 Å². The van der Waals surface area contributed by atoms with E-state index in [1.807, 2.05) is 11.8 Å². The lowest BCUT2D eigenvalue weighted by Gasteiger charge is -2.35. The number of thioether (sulfide) groups is 1. The quantitative estimate of drug-likeness (QED) is 0.912. The summed E-state index contributed by atoms with van der Waals surface area (Å²) in [4.78, 5) is 25.8. The average Bonchev–Trinajstić information content (AvgIpc) is 2.93. The minimum Gasteiger partial charge on any atom is -0.478 e. The van der Waals surface area contributed by atoms with E-state index in [-0.39, 0.29) is 10.7 Å². The molecule has 1 saturated heterocycles. The fraction of sp³-hybridized carbons (Fsp3) is 0.500. The van der Waals surface area contributed by atoms with Gasteiger partial charge in [-0.3, -0.25) is 4.79 Å². The Kier molecular flexibility index (Phi) is 3.69. The first kappa shape index (κ1) is 14.4. The molecular weight excluding hydrogens is 286 g/mol. The van der Waals surface area contributed by atoms with Crippen LogP contribution in [0.3, 0.4) is 0 Å². The summed E-state index contributed by atoms with van der Waals surface area (Å²) < 4.78 is -0.319. The van der Waals surface area contributed by atoms with Gasteiger partial charge in [0, 0.05) is 12.2 Å². The van der Waals surface area contributed by atoms with Gasteiger partial charge in [0.05, 0.1) is 10.3 Å². The summed E-state index contributed by atoms with van der Waals surface area (Å²) >= 11 is 1.74. The number of benzene rings is 1. The third-order valence-electron chi connectivity index (χ3n) is 4.36. The van der Waals surface area contributed by atoms with Crippen LogP contribution in [-0.2, 0) is 11.2 Å². The minimum atomic E-state index is -0.917. The number of carboxylic acids is 1. The zero-order valence-corrected chi connectivity index (χ0v) is 12.9. The molecule has 1 amide bonds. The molecule has 1 N–H and O–H groups in total. The van der Waals surface area contributed by atoms with Crippen LogP contribution >= 0.6 is 11.8 Å². The second-order valence-corrected chi connectivity index (χ2v) is 7.49. The van der Waals surface area contributed by atoms with Crippen molar-refractivity contribution in [1.29, 1.82) is 0 Å². The van der Waals surface area contributed by atoms with E-state index in [0.29, 0.717) is 5.56 Å². The van der Waals surface area contributed by atoms with Crippen molar-refractivity contribution in [3.63, 3.8) is 0 Å². The van der Waals surface area contributed by atoms with Crippen molar-refractivity contribution in [2.24, 2.45) is 0 Å². The number of fused-ring (bicyclic) bond motifs is 1. The number of carbonyl (C=O) groups is 2. The fourth-order valence-electron chi connectivity index (χ4n) is 3.17. The van der Waals surface area contributed by atoms with Crippen LogP contribution in [0.1, 0.15) is 42.1 Å². The Balaban J connectivity index is 1.93. The molecule has 1 aromatic carbocycles. The van der Waals surface area contributed by atoms with E-state index in [4.69, 9.17) is 5.11 Å². The van der Waals surface area contributed by atoms with Crippen LogP contribution in [0.4, 0.5) is 5.69 Å². The summed E-state index contributed by atoms with van der Waals surface area (Å²) in [5, 5.41) is 9.09. The molecule has 2 heterocycles. The highest BCUT2D eigenvalue weighted by Crippen LogP contribution is 2.41. The van der Waals surface area contributed by atoms with E-state index in [1.165, 1.54) is 0 Å². The van der Waals surface area contributed by atoms with Crippen LogP contribution in [0.5, 0.6) is 0 Å². The van der Waals surface area contributed by atoms with Gasteiger partial charge in [0.1, 0.15) is 0 Å². The Bertz CT molecular complexity index is 593. The van der Waals surface area contributed by atoms with Gasteiger partial charge in [0.2, 0.25) is 5.91 Å². The predicted molar refractivity (Wildman–Crippen MR) is 84.2 cm³/mol. The first-order valence-corrected chi connectivity index (χ1v) is 8.32. The first-order chi connectivity index (χ1) is 10.0. The summed E-state index contributed by atoms with van der Waals surface area (Å²) in [5.41, 5.74) is 2.16. The number of aromatic carboxylic acids is 1. The molecule has 21 heavy (non-hydrogen) atoms. The third kappa shape index (κ3) is 2.55. The highest BCUT2D eigenvalue weighted by Gasteiger charge is 2.41. The molecule has 0 aliphatic carbocycles. The maximum absolute atomic E-state index is 12.9. The molecule has 1 fully saturated rings. The number of carbonyl (C=O) groups excluding carboxylic acids is 1. The maximum Gasteiger partial charge on any atom is 0.335 e. The number of rotatable bonds is 2. The SMILES string of the molecule is CC1(C(=O)N2CCCc3cc(C(=O)O)ccc32)CCCS1. The second kappa shape index (κ2) is 5.37. The van der Waals surface area contributed by atoms with Crippen molar-refractivity contribution in [3.05, 3.63) is 29.3 Å². The van der Waals surface area contributed by atoms with E-state index in [0.717, 1.165) is 49.2 Å². The largest absolute Gasteiger partial charge is 0.478 e. The Morgan fingerprint density at radius 2 is 2.14 bits per heavy atom. The van der Waals surface area contributed by atoms with E-state index >= 15 is 0 Å². The van der Waals surface area contributed by atoms with Gasteiger partial charge in [-0.25, -0.2) is 4.79 Å². The van der Waals surface area contributed by atoms with Gasteiger partial charge in [-0.1, -0.05) is 0 Å². The molecule has 2 aliphatic rings. The van der Waals surface area contributed by atoms with Gasteiger partial charge in [-0.15, -0.1) is 11.8 Å². The number of carboxylic acid groups (broad SMARTS) is 1. The van der Waals surface area contributed by atoms with E-state index in [9.17, 15) is 9.59 Å². The molecular formula is C16H19NO3S. The topological polar surface area (TPSA) is 57.6 Å². The number of hydrogen-bond donors (Lipinski definition) is 1. The van der Waals surface area contributed by atoms with E-state index in [1.54, 1.807) is 30.0 Å². The molecule has 0 aromatic heterocycles.